The molecule has 2 unspecified atom stereocenters. The van der Waals surface area contributed by atoms with E-state index < -0.39 is 35.1 Å². The number of nitrogens with two attached hydrogens (primary N) is 1. The van der Waals surface area contributed by atoms with Gasteiger partial charge in [-0.05, 0) is 13.8 Å². The van der Waals surface area contributed by atoms with Crippen molar-refractivity contribution in [3.8, 4) is 0 Å². The molecule has 1 radical (unpaired) electrons. The van der Waals surface area contributed by atoms with E-state index in [1.807, 2.05) is 13.8 Å². The molecule has 0 aliphatic carbocycles. The van der Waals surface area contributed by atoms with Crippen LogP contribution in [0.25, 0.3) is 0 Å². The number of carboxylic acids is 1. The second-order valence-electron chi connectivity index (χ2n) is 7.64. The van der Waals surface area contributed by atoms with Crippen molar-refractivity contribution in [3.05, 3.63) is 5.92 Å². The van der Waals surface area contributed by atoms with Crippen LogP contribution in [0.2, 0.25) is 0 Å². The van der Waals surface area contributed by atoms with Gasteiger partial charge in [0.25, 0.3) is 0 Å². The number of carbonyl (C=O) groups is 2. The molecule has 7 heteroatoms. The third kappa shape index (κ3) is 7.90. The van der Waals surface area contributed by atoms with Crippen LogP contribution in [0.5, 0.6) is 0 Å². The average molecular weight is 419 g/mol. The van der Waals surface area contributed by atoms with E-state index in [9.17, 15) is 14.7 Å². The minimum atomic E-state index is -1.06. The van der Waals surface area contributed by atoms with Gasteiger partial charge in [-0.3, -0.25) is 15.5 Å². The maximum Gasteiger partial charge on any atom is 0.307 e. The molecule has 4 N–H and O–H groups in total. The van der Waals surface area contributed by atoms with Gasteiger partial charge >= 0.3 is 11.9 Å². The molecule has 0 aliphatic rings. The molecule has 0 aromatic heterocycles. The van der Waals surface area contributed by atoms with Gasteiger partial charge in [0.2, 0.25) is 0 Å². The molecule has 0 aliphatic heterocycles. The zero-order valence-corrected chi connectivity index (χ0v) is 18.8. The number of esters is 1. The smallest absolute Gasteiger partial charge is 0.307 e. The molecule has 0 heterocycles. The molecule has 6 nitrogen and oxygen atoms in total. The van der Waals surface area contributed by atoms with Crippen LogP contribution in [-0.4, -0.2) is 39.9 Å². The Morgan fingerprint density at radius 3 is 1.96 bits per heavy atom. The summed E-state index contributed by atoms with van der Waals surface area (Å²) in [6, 6.07) is 0. The number of hydrogen-bond donors (Lipinski definition) is 3. The summed E-state index contributed by atoms with van der Waals surface area (Å²) in [5.41, 5.74) is 4.63. The van der Waals surface area contributed by atoms with Gasteiger partial charge in [0.15, 0.2) is 0 Å². The quantitative estimate of drug-likeness (QED) is 0.390. The number of ether oxygens (including phenoxy) is 1. The number of rotatable bonds is 9. The molecule has 0 spiro atoms. The third-order valence-electron chi connectivity index (χ3n) is 4.90. The molecule has 0 amide bonds. The number of carbonyl (C=O) groups excluding carboxylic acids is 1. The first-order chi connectivity index (χ1) is 10.2. The van der Waals surface area contributed by atoms with E-state index in [1.165, 1.54) is 0 Å². The minimum absolute atomic E-state index is 0. The second-order valence-corrected chi connectivity index (χ2v) is 7.64. The summed E-state index contributed by atoms with van der Waals surface area (Å²) in [5.74, 6) is -0.756. The first kappa shape index (κ1) is 26.2. The van der Waals surface area contributed by atoms with Crippen molar-refractivity contribution in [2.45, 2.75) is 79.1 Å². The summed E-state index contributed by atoms with van der Waals surface area (Å²) in [5, 5.41) is 19.1. The predicted molar refractivity (Wildman–Crippen MR) is 88.6 cm³/mol. The van der Waals surface area contributed by atoms with Gasteiger partial charge in [-0.1, -0.05) is 33.8 Å². The van der Waals surface area contributed by atoms with E-state index in [-0.39, 0.29) is 51.5 Å². The Labute approximate surface area is 170 Å². The summed E-state index contributed by atoms with van der Waals surface area (Å²) in [6.07, 6.45) is -2.30. The third-order valence-corrected chi connectivity index (χ3v) is 4.90. The largest absolute Gasteiger partial charge is 0.481 e. The molecular weight excluding hydrogens is 387 g/mol. The van der Waals surface area contributed by atoms with Gasteiger partial charge in [-0.25, -0.2) is 0 Å². The van der Waals surface area contributed by atoms with Crippen molar-refractivity contribution in [1.29, 1.82) is 0 Å². The molecule has 0 bridgehead atoms. The molecule has 0 aromatic rings. The Morgan fingerprint density at radius 1 is 1.17 bits per heavy atom. The molecule has 24 heavy (non-hydrogen) atoms. The number of carboxylic acid groups (broad SMARTS) is 1. The van der Waals surface area contributed by atoms with Crippen LogP contribution < -0.4 is 5.73 Å². The van der Waals surface area contributed by atoms with Crippen molar-refractivity contribution in [2.75, 3.05) is 0 Å². The predicted octanol–water partition coefficient (Wildman–Crippen LogP) is 2.14. The van der Waals surface area contributed by atoms with Crippen LogP contribution in [0.4, 0.5) is 0 Å². The van der Waals surface area contributed by atoms with Crippen LogP contribution in [0, 0.1) is 17.3 Å². The van der Waals surface area contributed by atoms with Gasteiger partial charge in [-0.15, -0.1) is 0 Å². The fourth-order valence-electron chi connectivity index (χ4n) is 1.93. The monoisotopic (exact) mass is 419 g/mol. The zero-order chi connectivity index (χ0) is 18.6. The number of aliphatic hydroxyl groups excluding tert-OH is 1. The minimum Gasteiger partial charge on any atom is -0.481 e. The Balaban J connectivity index is 0. The Morgan fingerprint density at radius 2 is 1.62 bits per heavy atom. The summed E-state index contributed by atoms with van der Waals surface area (Å²) in [4.78, 5) is 23.2. The molecule has 0 saturated carbocycles. The molecule has 2 atom stereocenters. The first-order valence-electron chi connectivity index (χ1n) is 7.91. The van der Waals surface area contributed by atoms with Crippen molar-refractivity contribution in [1.82, 2.24) is 0 Å². The average Bonchev–Trinajstić information content (AvgIpc) is 2.34. The zero-order valence-electron chi connectivity index (χ0n) is 15.9. The van der Waals surface area contributed by atoms with Crippen LogP contribution >= 0.6 is 0 Å². The van der Waals surface area contributed by atoms with E-state index in [0.717, 1.165) is 5.92 Å². The van der Waals surface area contributed by atoms with Gasteiger partial charge in [0.1, 0.15) is 6.10 Å². The number of aliphatic carboxylic acids is 1. The van der Waals surface area contributed by atoms with Crippen molar-refractivity contribution in [2.24, 2.45) is 17.1 Å². The van der Waals surface area contributed by atoms with E-state index in [1.54, 1.807) is 34.6 Å². The van der Waals surface area contributed by atoms with Gasteiger partial charge in [0, 0.05) is 50.1 Å². The normalized spacial score (nSPS) is 15.0. The van der Waals surface area contributed by atoms with E-state index in [2.05, 4.69) is 0 Å². The topological polar surface area (TPSA) is 110 Å². The van der Waals surface area contributed by atoms with E-state index >= 15 is 0 Å². The summed E-state index contributed by atoms with van der Waals surface area (Å²) >= 11 is 0. The van der Waals surface area contributed by atoms with Gasteiger partial charge < -0.3 is 20.7 Å². The van der Waals surface area contributed by atoms with E-state index in [4.69, 9.17) is 15.6 Å². The van der Waals surface area contributed by atoms with Crippen LogP contribution in [-0.2, 0) is 47.0 Å². The molecule has 0 saturated heterocycles. The Hall–Kier alpha value is -0.0361. The van der Waals surface area contributed by atoms with Crippen molar-refractivity contribution in [3.63, 3.8) is 0 Å². The Bertz CT molecular complexity index is 418. The molecule has 0 aromatic carbocycles. The summed E-state index contributed by atoms with van der Waals surface area (Å²) in [7, 11) is 0. The number of aliphatic hydroxyl groups is 1. The van der Waals surface area contributed by atoms with Gasteiger partial charge in [0.05, 0.1) is 6.42 Å². The first-order valence-corrected chi connectivity index (χ1v) is 7.91. The molecule has 139 valence electrons. The SMILES string of the molecule is C[C-](C(C)C)C(O)CC(=O)OC(CC(=O)O)C(C)(C)C(C)(C)N.[Y]. The van der Waals surface area contributed by atoms with Crippen molar-refractivity contribution < 1.29 is 57.2 Å². The number of hydrogen-bond acceptors (Lipinski definition) is 5. The van der Waals surface area contributed by atoms with Gasteiger partial charge in [-0.2, -0.15) is 12.8 Å². The second kappa shape index (κ2) is 10.2. The molecular formula is C17H32NO5Y-. The van der Waals surface area contributed by atoms with Crippen LogP contribution in [0.3, 0.4) is 0 Å². The van der Waals surface area contributed by atoms with E-state index in [0.29, 0.717) is 0 Å². The van der Waals surface area contributed by atoms with Crippen LogP contribution in [0.15, 0.2) is 0 Å². The maximum atomic E-state index is 12.1. The summed E-state index contributed by atoms with van der Waals surface area (Å²) in [6.45, 7) is 12.7. The summed E-state index contributed by atoms with van der Waals surface area (Å²) < 4.78 is 5.38. The maximum absolute atomic E-state index is 12.1. The van der Waals surface area contributed by atoms with Crippen molar-refractivity contribution >= 4 is 11.9 Å². The fourth-order valence-corrected chi connectivity index (χ4v) is 1.93. The molecule has 0 rings (SSSR count). The van der Waals surface area contributed by atoms with Crippen LogP contribution in [0.1, 0.15) is 61.3 Å². The fraction of sp³-hybridized carbons (Fsp3) is 0.824. The molecule has 0 fully saturated rings. The standard InChI is InChI=1S/C17H32NO5.Y/c1-10(2)11(3)12(19)8-15(22)23-13(9-14(20)21)16(4,5)17(6,7)18;/h10,12-13,19H,8-9,18H2,1-7H3,(H,20,21);/q-1;. The Kier molecular flexibility index (Phi) is 11.1.